The van der Waals surface area contributed by atoms with Crippen LogP contribution in [0.4, 0.5) is 0 Å². The first kappa shape index (κ1) is 21.3. The van der Waals surface area contributed by atoms with Gasteiger partial charge < -0.3 is 5.32 Å². The fourth-order valence-corrected chi connectivity index (χ4v) is 5.48. The fourth-order valence-electron chi connectivity index (χ4n) is 3.97. The first-order valence-electron chi connectivity index (χ1n) is 10.5. The van der Waals surface area contributed by atoms with Gasteiger partial charge in [0.05, 0.1) is 10.9 Å². The SMILES string of the molecule is Cc1ccccc1[C@@H](NC(=O)c1ccc(S(=O)(=O)N2CCCC2)cc1)c1ccccc1. The number of benzene rings is 3. The van der Waals surface area contributed by atoms with E-state index < -0.39 is 10.0 Å². The number of sulfonamides is 1. The highest BCUT2D eigenvalue weighted by Crippen LogP contribution is 2.26. The number of rotatable bonds is 6. The maximum Gasteiger partial charge on any atom is 0.252 e. The predicted molar refractivity (Wildman–Crippen MR) is 121 cm³/mol. The van der Waals surface area contributed by atoms with Crippen molar-refractivity contribution in [3.05, 3.63) is 101 Å². The van der Waals surface area contributed by atoms with E-state index in [0.717, 1.165) is 29.5 Å². The minimum absolute atomic E-state index is 0.226. The lowest BCUT2D eigenvalue weighted by atomic mass is 9.94. The summed E-state index contributed by atoms with van der Waals surface area (Å²) in [5.41, 5.74) is 3.52. The number of nitrogens with one attached hydrogen (secondary N) is 1. The molecule has 1 amide bonds. The van der Waals surface area contributed by atoms with Crippen LogP contribution in [0, 0.1) is 6.92 Å². The Kier molecular flexibility index (Phi) is 6.20. The van der Waals surface area contributed by atoms with E-state index in [4.69, 9.17) is 0 Å². The van der Waals surface area contributed by atoms with Crippen LogP contribution >= 0.6 is 0 Å². The molecule has 3 aromatic rings. The molecule has 0 bridgehead atoms. The summed E-state index contributed by atoms with van der Waals surface area (Å²) in [6.07, 6.45) is 1.78. The lowest BCUT2D eigenvalue weighted by molar-refractivity contribution is 0.0943. The number of nitrogens with zero attached hydrogens (tertiary/aromatic N) is 1. The maximum absolute atomic E-state index is 13.1. The molecule has 0 aliphatic carbocycles. The molecule has 5 nitrogen and oxygen atoms in total. The highest BCUT2D eigenvalue weighted by Gasteiger charge is 2.27. The first-order valence-corrected chi connectivity index (χ1v) is 11.9. The van der Waals surface area contributed by atoms with Crippen LogP contribution in [-0.4, -0.2) is 31.7 Å². The highest BCUT2D eigenvalue weighted by molar-refractivity contribution is 7.89. The van der Waals surface area contributed by atoms with Crippen LogP contribution in [0.3, 0.4) is 0 Å². The first-order chi connectivity index (χ1) is 15.0. The third-order valence-corrected chi connectivity index (χ3v) is 7.64. The molecule has 4 rings (SSSR count). The van der Waals surface area contributed by atoms with Crippen molar-refractivity contribution in [3.63, 3.8) is 0 Å². The fraction of sp³-hybridized carbons (Fsp3) is 0.240. The van der Waals surface area contributed by atoms with Crippen molar-refractivity contribution in [1.82, 2.24) is 9.62 Å². The van der Waals surface area contributed by atoms with Gasteiger partial charge in [-0.3, -0.25) is 4.79 Å². The Morgan fingerprint density at radius 1 is 0.871 bits per heavy atom. The van der Waals surface area contributed by atoms with Crippen LogP contribution < -0.4 is 5.32 Å². The zero-order chi connectivity index (χ0) is 21.8. The third-order valence-electron chi connectivity index (χ3n) is 5.73. The van der Waals surface area contributed by atoms with Crippen molar-refractivity contribution >= 4 is 15.9 Å². The van der Waals surface area contributed by atoms with Crippen LogP contribution in [0.2, 0.25) is 0 Å². The Labute approximate surface area is 183 Å². The van der Waals surface area contributed by atoms with Crippen LogP contribution in [0.25, 0.3) is 0 Å². The minimum atomic E-state index is -3.49. The van der Waals surface area contributed by atoms with E-state index in [-0.39, 0.29) is 16.8 Å². The molecule has 0 aromatic heterocycles. The summed E-state index contributed by atoms with van der Waals surface area (Å²) in [6.45, 7) is 3.13. The monoisotopic (exact) mass is 434 g/mol. The van der Waals surface area contributed by atoms with Crippen molar-refractivity contribution in [2.45, 2.75) is 30.7 Å². The van der Waals surface area contributed by atoms with Crippen LogP contribution in [-0.2, 0) is 10.0 Å². The van der Waals surface area contributed by atoms with E-state index in [1.807, 2.05) is 61.5 Å². The molecule has 0 unspecified atom stereocenters. The van der Waals surface area contributed by atoms with Crippen LogP contribution in [0.15, 0.2) is 83.8 Å². The van der Waals surface area contributed by atoms with Crippen molar-refractivity contribution < 1.29 is 13.2 Å². The van der Waals surface area contributed by atoms with Crippen molar-refractivity contribution in [1.29, 1.82) is 0 Å². The molecule has 1 heterocycles. The number of aryl methyl sites for hydroxylation is 1. The average molecular weight is 435 g/mol. The smallest absolute Gasteiger partial charge is 0.252 e. The summed E-state index contributed by atoms with van der Waals surface area (Å²) < 4.78 is 27.0. The highest BCUT2D eigenvalue weighted by atomic mass is 32.2. The van der Waals surface area contributed by atoms with E-state index >= 15 is 0 Å². The van der Waals surface area contributed by atoms with E-state index in [1.54, 1.807) is 12.1 Å². The normalized spacial score (nSPS) is 15.5. The van der Waals surface area contributed by atoms with Gasteiger partial charge in [-0.25, -0.2) is 8.42 Å². The number of hydrogen-bond acceptors (Lipinski definition) is 3. The van der Waals surface area contributed by atoms with E-state index in [9.17, 15) is 13.2 Å². The van der Waals surface area contributed by atoms with Gasteiger partial charge >= 0.3 is 0 Å². The van der Waals surface area contributed by atoms with Gasteiger partial charge in [-0.1, -0.05) is 54.6 Å². The van der Waals surface area contributed by atoms with Gasteiger partial charge in [0, 0.05) is 18.7 Å². The summed E-state index contributed by atoms with van der Waals surface area (Å²) >= 11 is 0. The molecule has 31 heavy (non-hydrogen) atoms. The molecule has 1 fully saturated rings. The molecule has 3 aromatic carbocycles. The standard InChI is InChI=1S/C25H26N2O3S/c1-19-9-5-6-12-23(19)24(20-10-3-2-4-11-20)26-25(28)21-13-15-22(16-14-21)31(29,30)27-17-7-8-18-27/h2-6,9-16,24H,7-8,17-18H2,1H3,(H,26,28)/t24-/m0/s1. The van der Waals surface area contributed by atoms with Crippen molar-refractivity contribution in [2.75, 3.05) is 13.1 Å². The number of carbonyl (C=O) groups is 1. The Hall–Kier alpha value is -2.96. The molecule has 1 aliphatic heterocycles. The summed E-state index contributed by atoms with van der Waals surface area (Å²) in [5, 5.41) is 3.12. The lowest BCUT2D eigenvalue weighted by Gasteiger charge is -2.22. The van der Waals surface area contributed by atoms with Crippen molar-refractivity contribution in [2.24, 2.45) is 0 Å². The summed E-state index contributed by atoms with van der Waals surface area (Å²) in [7, 11) is -3.49. The number of hydrogen-bond donors (Lipinski definition) is 1. The van der Waals surface area contributed by atoms with Gasteiger partial charge in [0.15, 0.2) is 0 Å². The largest absolute Gasteiger partial charge is 0.341 e. The lowest BCUT2D eigenvalue weighted by Crippen LogP contribution is -2.30. The maximum atomic E-state index is 13.1. The molecule has 160 valence electrons. The molecular formula is C25H26N2O3S. The molecule has 6 heteroatoms. The van der Waals surface area contributed by atoms with Gasteiger partial charge in [-0.05, 0) is 60.7 Å². The Bertz CT molecular complexity index is 1150. The minimum Gasteiger partial charge on any atom is -0.341 e. The Balaban J connectivity index is 1.58. The van der Waals surface area contributed by atoms with Crippen molar-refractivity contribution in [3.8, 4) is 0 Å². The van der Waals surface area contributed by atoms with Gasteiger partial charge in [0.1, 0.15) is 0 Å². The van der Waals surface area contributed by atoms with Gasteiger partial charge in [-0.2, -0.15) is 4.31 Å². The van der Waals surface area contributed by atoms with Gasteiger partial charge in [0.25, 0.3) is 5.91 Å². The Morgan fingerprint density at radius 2 is 1.48 bits per heavy atom. The second-order valence-corrected chi connectivity index (χ2v) is 9.75. The molecule has 1 N–H and O–H groups in total. The van der Waals surface area contributed by atoms with Gasteiger partial charge in [-0.15, -0.1) is 0 Å². The molecule has 0 saturated carbocycles. The van der Waals surface area contributed by atoms with E-state index in [1.165, 1.54) is 16.4 Å². The second-order valence-electron chi connectivity index (χ2n) is 7.81. The second kappa shape index (κ2) is 9.04. The quantitative estimate of drug-likeness (QED) is 0.629. The molecular weight excluding hydrogens is 408 g/mol. The third kappa shape index (κ3) is 4.55. The van der Waals surface area contributed by atoms with E-state index in [2.05, 4.69) is 5.32 Å². The Morgan fingerprint density at radius 3 is 2.13 bits per heavy atom. The topological polar surface area (TPSA) is 66.5 Å². The summed E-state index contributed by atoms with van der Waals surface area (Å²) in [4.78, 5) is 13.3. The zero-order valence-corrected chi connectivity index (χ0v) is 18.3. The molecule has 0 spiro atoms. The number of carbonyl (C=O) groups excluding carboxylic acids is 1. The van der Waals surface area contributed by atoms with Crippen LogP contribution in [0.5, 0.6) is 0 Å². The summed E-state index contributed by atoms with van der Waals surface area (Å²) in [6, 6.07) is 23.7. The average Bonchev–Trinajstić information content (AvgIpc) is 3.35. The molecule has 1 atom stereocenters. The molecule has 0 radical (unpaired) electrons. The summed E-state index contributed by atoms with van der Waals surface area (Å²) in [5.74, 6) is -0.248. The number of amides is 1. The predicted octanol–water partition coefficient (Wildman–Crippen LogP) is 4.30. The molecule has 1 aliphatic rings. The van der Waals surface area contributed by atoms with Gasteiger partial charge in [0.2, 0.25) is 10.0 Å². The van der Waals surface area contributed by atoms with Crippen LogP contribution in [0.1, 0.15) is 45.9 Å². The zero-order valence-electron chi connectivity index (χ0n) is 17.5. The molecule has 1 saturated heterocycles. The van der Waals surface area contributed by atoms with E-state index in [0.29, 0.717) is 18.7 Å².